The summed E-state index contributed by atoms with van der Waals surface area (Å²) in [6, 6.07) is 4.23. The standard InChI is InChI=1S/C18H20N4O5/c1-9-15-17(27-21-9)19-11(3)22(18(15)24)10(2)16(23)20-13-8-12(25-4)6-7-14(13)26-5/h6-8,10H,1-5H3,(H,20,23)/t10-/m0/s1. The highest BCUT2D eigenvalue weighted by molar-refractivity contribution is 5.95. The zero-order valence-electron chi connectivity index (χ0n) is 15.7. The van der Waals surface area contributed by atoms with Crippen molar-refractivity contribution < 1.29 is 18.8 Å². The Morgan fingerprint density at radius 3 is 2.67 bits per heavy atom. The van der Waals surface area contributed by atoms with Crippen LogP contribution in [0.1, 0.15) is 24.5 Å². The number of fused-ring (bicyclic) bond motifs is 1. The van der Waals surface area contributed by atoms with Gasteiger partial charge in [-0.05, 0) is 32.9 Å². The minimum atomic E-state index is -0.820. The molecular weight excluding hydrogens is 352 g/mol. The molecule has 0 aliphatic carbocycles. The molecule has 0 fully saturated rings. The highest BCUT2D eigenvalue weighted by atomic mass is 16.5. The summed E-state index contributed by atoms with van der Waals surface area (Å²) in [5.74, 6) is 0.991. The Labute approximate surface area is 154 Å². The average molecular weight is 372 g/mol. The van der Waals surface area contributed by atoms with Crippen LogP contribution in [0.5, 0.6) is 11.5 Å². The van der Waals surface area contributed by atoms with Crippen LogP contribution in [0.25, 0.3) is 11.1 Å². The first-order valence-electron chi connectivity index (χ1n) is 8.25. The van der Waals surface area contributed by atoms with Gasteiger partial charge in [0.05, 0.1) is 25.6 Å². The Bertz CT molecular complexity index is 1070. The van der Waals surface area contributed by atoms with Crippen LogP contribution in [0.3, 0.4) is 0 Å². The summed E-state index contributed by atoms with van der Waals surface area (Å²) >= 11 is 0. The summed E-state index contributed by atoms with van der Waals surface area (Å²) in [6.45, 7) is 4.90. The van der Waals surface area contributed by atoms with E-state index >= 15 is 0 Å². The molecule has 0 unspecified atom stereocenters. The van der Waals surface area contributed by atoms with Gasteiger partial charge in [0.1, 0.15) is 28.8 Å². The van der Waals surface area contributed by atoms with Gasteiger partial charge < -0.3 is 19.3 Å². The number of aryl methyl sites for hydroxylation is 2. The molecule has 3 aromatic rings. The summed E-state index contributed by atoms with van der Waals surface area (Å²) in [7, 11) is 3.03. The number of benzene rings is 1. The van der Waals surface area contributed by atoms with Crippen molar-refractivity contribution in [2.75, 3.05) is 19.5 Å². The van der Waals surface area contributed by atoms with Gasteiger partial charge in [-0.15, -0.1) is 0 Å². The number of ether oxygens (including phenoxy) is 2. The van der Waals surface area contributed by atoms with Crippen molar-refractivity contribution in [2.45, 2.75) is 26.8 Å². The number of nitrogens with zero attached hydrogens (tertiary/aromatic N) is 3. The Morgan fingerprint density at radius 1 is 1.26 bits per heavy atom. The second-order valence-electron chi connectivity index (χ2n) is 6.01. The molecule has 9 nitrogen and oxygen atoms in total. The van der Waals surface area contributed by atoms with Crippen LogP contribution in [0.4, 0.5) is 5.69 Å². The predicted molar refractivity (Wildman–Crippen MR) is 98.4 cm³/mol. The van der Waals surface area contributed by atoms with E-state index in [1.54, 1.807) is 39.0 Å². The fourth-order valence-electron chi connectivity index (χ4n) is 2.87. The number of hydrogen-bond acceptors (Lipinski definition) is 7. The number of nitrogens with one attached hydrogen (secondary N) is 1. The molecule has 0 aliphatic heterocycles. The number of hydrogen-bond donors (Lipinski definition) is 1. The molecule has 9 heteroatoms. The summed E-state index contributed by atoms with van der Waals surface area (Å²) in [6.07, 6.45) is 0. The Hall–Kier alpha value is -3.36. The maximum absolute atomic E-state index is 12.9. The topological polar surface area (TPSA) is 108 Å². The first-order chi connectivity index (χ1) is 12.9. The van der Waals surface area contributed by atoms with Crippen molar-refractivity contribution in [1.82, 2.24) is 14.7 Å². The van der Waals surface area contributed by atoms with Gasteiger partial charge in [-0.3, -0.25) is 14.2 Å². The van der Waals surface area contributed by atoms with Gasteiger partial charge in [0, 0.05) is 6.07 Å². The van der Waals surface area contributed by atoms with Gasteiger partial charge in [0.2, 0.25) is 5.91 Å². The van der Waals surface area contributed by atoms with Crippen LogP contribution in [0.15, 0.2) is 27.5 Å². The van der Waals surface area contributed by atoms with Crippen molar-refractivity contribution in [3.8, 4) is 11.5 Å². The highest BCUT2D eigenvalue weighted by Gasteiger charge is 2.23. The van der Waals surface area contributed by atoms with Gasteiger partial charge in [-0.2, -0.15) is 4.98 Å². The Balaban J connectivity index is 1.98. The Morgan fingerprint density at radius 2 is 2.00 bits per heavy atom. The first kappa shape index (κ1) is 18.4. The molecule has 2 aromatic heterocycles. The third-order valence-electron chi connectivity index (χ3n) is 4.32. The average Bonchev–Trinajstić information content (AvgIpc) is 3.02. The molecular formula is C18H20N4O5. The molecule has 0 aliphatic rings. The lowest BCUT2D eigenvalue weighted by Crippen LogP contribution is -2.33. The quantitative estimate of drug-likeness (QED) is 0.731. The molecule has 142 valence electrons. The molecule has 0 spiro atoms. The third-order valence-corrected chi connectivity index (χ3v) is 4.32. The van der Waals surface area contributed by atoms with E-state index in [9.17, 15) is 9.59 Å². The molecule has 1 atom stereocenters. The van der Waals surface area contributed by atoms with E-state index in [1.165, 1.54) is 18.8 Å². The van der Waals surface area contributed by atoms with Gasteiger partial charge in [0.15, 0.2) is 0 Å². The lowest BCUT2D eigenvalue weighted by Gasteiger charge is -2.18. The van der Waals surface area contributed by atoms with E-state index in [0.717, 1.165) is 0 Å². The minimum Gasteiger partial charge on any atom is -0.497 e. The SMILES string of the molecule is COc1ccc(OC)c(NC(=O)[C@H](C)n2c(C)nc3onc(C)c3c2=O)c1. The van der Waals surface area contributed by atoms with Crippen LogP contribution in [-0.2, 0) is 4.79 Å². The van der Waals surface area contributed by atoms with Crippen LogP contribution in [0, 0.1) is 13.8 Å². The number of carbonyl (C=O) groups excluding carboxylic acids is 1. The van der Waals surface area contributed by atoms with Crippen molar-refractivity contribution in [1.29, 1.82) is 0 Å². The van der Waals surface area contributed by atoms with Crippen LogP contribution < -0.4 is 20.3 Å². The lowest BCUT2D eigenvalue weighted by atomic mass is 10.2. The van der Waals surface area contributed by atoms with Gasteiger partial charge in [-0.25, -0.2) is 0 Å². The maximum Gasteiger partial charge on any atom is 0.267 e. The summed E-state index contributed by atoms with van der Waals surface area (Å²) in [4.78, 5) is 29.9. The molecule has 0 saturated carbocycles. The molecule has 1 aromatic carbocycles. The van der Waals surface area contributed by atoms with E-state index in [1.807, 2.05) is 0 Å². The van der Waals surface area contributed by atoms with Gasteiger partial charge in [-0.1, -0.05) is 5.16 Å². The van der Waals surface area contributed by atoms with E-state index in [2.05, 4.69) is 15.5 Å². The number of carbonyl (C=O) groups is 1. The molecule has 1 N–H and O–H groups in total. The number of aromatic nitrogens is 3. The van der Waals surface area contributed by atoms with E-state index in [4.69, 9.17) is 14.0 Å². The number of methoxy groups -OCH3 is 2. The van der Waals surface area contributed by atoms with Crippen molar-refractivity contribution >= 4 is 22.7 Å². The van der Waals surface area contributed by atoms with E-state index in [-0.39, 0.29) is 16.7 Å². The van der Waals surface area contributed by atoms with Crippen LogP contribution in [-0.4, -0.2) is 34.8 Å². The molecule has 2 heterocycles. The molecule has 27 heavy (non-hydrogen) atoms. The van der Waals surface area contributed by atoms with Gasteiger partial charge >= 0.3 is 0 Å². The maximum atomic E-state index is 12.9. The van der Waals surface area contributed by atoms with E-state index in [0.29, 0.717) is 28.7 Å². The van der Waals surface area contributed by atoms with Crippen molar-refractivity contribution in [3.05, 3.63) is 40.1 Å². The fourth-order valence-corrected chi connectivity index (χ4v) is 2.87. The second kappa shape index (κ2) is 7.10. The smallest absolute Gasteiger partial charge is 0.267 e. The third kappa shape index (κ3) is 3.23. The largest absolute Gasteiger partial charge is 0.497 e. The molecule has 0 saturated heterocycles. The highest BCUT2D eigenvalue weighted by Crippen LogP contribution is 2.29. The second-order valence-corrected chi connectivity index (χ2v) is 6.01. The summed E-state index contributed by atoms with van der Waals surface area (Å²) in [5, 5.41) is 6.81. The van der Waals surface area contributed by atoms with Crippen molar-refractivity contribution in [2.24, 2.45) is 0 Å². The lowest BCUT2D eigenvalue weighted by molar-refractivity contribution is -0.118. The van der Waals surface area contributed by atoms with Crippen molar-refractivity contribution in [3.63, 3.8) is 0 Å². The van der Waals surface area contributed by atoms with Crippen LogP contribution in [0.2, 0.25) is 0 Å². The first-order valence-corrected chi connectivity index (χ1v) is 8.25. The predicted octanol–water partition coefficient (Wildman–Crippen LogP) is 2.22. The number of amides is 1. The molecule has 1 amide bonds. The molecule has 0 bridgehead atoms. The summed E-state index contributed by atoms with van der Waals surface area (Å²) < 4.78 is 16.8. The minimum absolute atomic E-state index is 0.160. The monoisotopic (exact) mass is 372 g/mol. The zero-order chi connectivity index (χ0) is 19.7. The fraction of sp³-hybridized carbons (Fsp3) is 0.333. The normalized spacial score (nSPS) is 12.0. The molecule has 0 radical (unpaired) electrons. The Kier molecular flexibility index (Phi) is 4.85. The number of anilines is 1. The van der Waals surface area contributed by atoms with E-state index < -0.39 is 11.9 Å². The number of rotatable bonds is 5. The van der Waals surface area contributed by atoms with Crippen LogP contribution >= 0.6 is 0 Å². The molecule has 3 rings (SSSR count). The summed E-state index contributed by atoms with van der Waals surface area (Å²) in [5.41, 5.74) is 0.651. The van der Waals surface area contributed by atoms with Gasteiger partial charge in [0.25, 0.3) is 11.3 Å². The zero-order valence-corrected chi connectivity index (χ0v) is 15.7.